The van der Waals surface area contributed by atoms with Crippen molar-refractivity contribution in [2.24, 2.45) is 0 Å². The molecule has 0 aromatic heterocycles. The van der Waals surface area contributed by atoms with Gasteiger partial charge in [0.1, 0.15) is 0 Å². The Labute approximate surface area is 58.6 Å². The molecule has 4 heteroatoms. The first-order valence-electron chi connectivity index (χ1n) is 3.03. The SMILES string of the molecule is CCNNCCS(C)=O. The molecule has 0 saturated heterocycles. The van der Waals surface area contributed by atoms with Crippen LogP contribution in [0.4, 0.5) is 0 Å². The topological polar surface area (TPSA) is 41.1 Å². The van der Waals surface area contributed by atoms with Crippen molar-refractivity contribution < 1.29 is 4.21 Å². The highest BCUT2D eigenvalue weighted by molar-refractivity contribution is 7.84. The summed E-state index contributed by atoms with van der Waals surface area (Å²) in [4.78, 5) is 0. The maximum Gasteiger partial charge on any atom is 0.0371 e. The number of hydrazine groups is 1. The molecule has 2 N–H and O–H groups in total. The van der Waals surface area contributed by atoms with Crippen LogP contribution in [0.5, 0.6) is 0 Å². The Balaban J connectivity index is 2.83. The van der Waals surface area contributed by atoms with E-state index >= 15 is 0 Å². The number of hydrogen-bond acceptors (Lipinski definition) is 3. The van der Waals surface area contributed by atoms with Crippen LogP contribution in [0.1, 0.15) is 6.92 Å². The maximum atomic E-state index is 10.5. The average Bonchev–Trinajstić information content (AvgIpc) is 1.80. The third kappa shape index (κ3) is 8.07. The summed E-state index contributed by atoms with van der Waals surface area (Å²) >= 11 is 0. The van der Waals surface area contributed by atoms with Crippen molar-refractivity contribution in [1.82, 2.24) is 10.9 Å². The fourth-order valence-electron chi connectivity index (χ4n) is 0.408. The van der Waals surface area contributed by atoms with E-state index in [1.165, 1.54) is 0 Å². The van der Waals surface area contributed by atoms with Gasteiger partial charge in [0.05, 0.1) is 0 Å². The fourth-order valence-corrected chi connectivity index (χ4v) is 0.798. The summed E-state index contributed by atoms with van der Waals surface area (Å²) < 4.78 is 10.5. The fraction of sp³-hybridized carbons (Fsp3) is 1.00. The third-order valence-corrected chi connectivity index (χ3v) is 1.60. The predicted molar refractivity (Wildman–Crippen MR) is 40.6 cm³/mol. The summed E-state index contributed by atoms with van der Waals surface area (Å²) in [5.41, 5.74) is 5.84. The van der Waals surface area contributed by atoms with Crippen LogP contribution in [-0.4, -0.2) is 29.3 Å². The lowest BCUT2D eigenvalue weighted by molar-refractivity contribution is 0.572. The Kier molecular flexibility index (Phi) is 6.24. The number of rotatable bonds is 5. The van der Waals surface area contributed by atoms with Crippen LogP contribution < -0.4 is 10.9 Å². The molecule has 0 aromatic rings. The van der Waals surface area contributed by atoms with Crippen molar-refractivity contribution in [2.75, 3.05) is 25.1 Å². The van der Waals surface area contributed by atoms with E-state index in [-0.39, 0.29) is 0 Å². The summed E-state index contributed by atoms with van der Waals surface area (Å²) in [6.07, 6.45) is 1.70. The molecule has 0 rings (SSSR count). The van der Waals surface area contributed by atoms with Crippen LogP contribution in [0.15, 0.2) is 0 Å². The maximum absolute atomic E-state index is 10.5. The lowest BCUT2D eigenvalue weighted by atomic mass is 10.8. The van der Waals surface area contributed by atoms with Crippen molar-refractivity contribution >= 4 is 10.8 Å². The highest BCUT2D eigenvalue weighted by Crippen LogP contribution is 1.68. The summed E-state index contributed by atoms with van der Waals surface area (Å²) in [6, 6.07) is 0. The first-order valence-corrected chi connectivity index (χ1v) is 4.75. The van der Waals surface area contributed by atoms with Gasteiger partial charge < -0.3 is 0 Å². The van der Waals surface area contributed by atoms with Gasteiger partial charge in [-0.1, -0.05) is 6.92 Å². The molecule has 1 atom stereocenters. The minimum Gasteiger partial charge on any atom is -0.260 e. The molecule has 3 nitrogen and oxygen atoms in total. The monoisotopic (exact) mass is 150 g/mol. The van der Waals surface area contributed by atoms with E-state index in [2.05, 4.69) is 10.9 Å². The van der Waals surface area contributed by atoms with Gasteiger partial charge in [-0.25, -0.2) is 0 Å². The van der Waals surface area contributed by atoms with E-state index < -0.39 is 10.8 Å². The average molecular weight is 150 g/mol. The van der Waals surface area contributed by atoms with Gasteiger partial charge in [-0.05, 0) is 0 Å². The Morgan fingerprint density at radius 1 is 1.44 bits per heavy atom. The quantitative estimate of drug-likeness (QED) is 0.409. The Morgan fingerprint density at radius 3 is 2.56 bits per heavy atom. The first-order chi connectivity index (χ1) is 4.27. The zero-order valence-electron chi connectivity index (χ0n) is 5.94. The molecule has 0 aromatic carbocycles. The second-order valence-electron chi connectivity index (χ2n) is 1.73. The van der Waals surface area contributed by atoms with Crippen LogP contribution in [0.25, 0.3) is 0 Å². The first kappa shape index (κ1) is 9.07. The molecule has 0 aliphatic rings. The Morgan fingerprint density at radius 2 is 2.11 bits per heavy atom. The smallest absolute Gasteiger partial charge is 0.0371 e. The van der Waals surface area contributed by atoms with Crippen molar-refractivity contribution in [3.8, 4) is 0 Å². The Hall–Kier alpha value is 0.0700. The van der Waals surface area contributed by atoms with Gasteiger partial charge in [-0.2, -0.15) is 0 Å². The molecule has 56 valence electrons. The van der Waals surface area contributed by atoms with Crippen LogP contribution in [0.2, 0.25) is 0 Å². The minimum atomic E-state index is -0.672. The minimum absolute atomic E-state index is 0.672. The van der Waals surface area contributed by atoms with Gasteiger partial charge in [0.2, 0.25) is 0 Å². The van der Waals surface area contributed by atoms with E-state index in [9.17, 15) is 4.21 Å². The molecule has 9 heavy (non-hydrogen) atoms. The molecule has 0 aliphatic heterocycles. The highest BCUT2D eigenvalue weighted by atomic mass is 32.2. The largest absolute Gasteiger partial charge is 0.260 e. The van der Waals surface area contributed by atoms with Crippen LogP contribution in [-0.2, 0) is 10.8 Å². The summed E-state index contributed by atoms with van der Waals surface area (Å²) in [5, 5.41) is 0. The third-order valence-electron chi connectivity index (χ3n) is 0.816. The van der Waals surface area contributed by atoms with E-state index in [1.54, 1.807) is 6.26 Å². The van der Waals surface area contributed by atoms with Crippen LogP contribution >= 0.6 is 0 Å². The molecular weight excluding hydrogens is 136 g/mol. The van der Waals surface area contributed by atoms with Crippen molar-refractivity contribution in [1.29, 1.82) is 0 Å². The molecule has 0 bridgehead atoms. The lowest BCUT2D eigenvalue weighted by Crippen LogP contribution is -2.34. The number of nitrogens with one attached hydrogen (secondary N) is 2. The van der Waals surface area contributed by atoms with Crippen molar-refractivity contribution in [3.63, 3.8) is 0 Å². The number of hydrogen-bond donors (Lipinski definition) is 2. The highest BCUT2D eigenvalue weighted by Gasteiger charge is 1.87. The van der Waals surface area contributed by atoms with E-state index in [0.717, 1.165) is 13.1 Å². The summed E-state index contributed by atoms with van der Waals surface area (Å²) in [6.45, 7) is 3.68. The van der Waals surface area contributed by atoms with Crippen LogP contribution in [0, 0.1) is 0 Å². The van der Waals surface area contributed by atoms with E-state index in [0.29, 0.717) is 5.75 Å². The standard InChI is InChI=1S/C5H14N2OS/c1-3-6-7-4-5-9(2)8/h6-7H,3-5H2,1-2H3. The molecule has 0 amide bonds. The molecule has 0 heterocycles. The van der Waals surface area contributed by atoms with Crippen molar-refractivity contribution in [3.05, 3.63) is 0 Å². The van der Waals surface area contributed by atoms with E-state index in [4.69, 9.17) is 0 Å². The summed E-state index contributed by atoms with van der Waals surface area (Å²) in [7, 11) is -0.672. The molecule has 0 radical (unpaired) electrons. The molecule has 1 unspecified atom stereocenters. The molecule has 0 aliphatic carbocycles. The second kappa shape index (κ2) is 6.19. The van der Waals surface area contributed by atoms with Crippen LogP contribution in [0.3, 0.4) is 0 Å². The van der Waals surface area contributed by atoms with E-state index in [1.807, 2.05) is 6.92 Å². The zero-order chi connectivity index (χ0) is 7.11. The molecule has 0 spiro atoms. The lowest BCUT2D eigenvalue weighted by Gasteiger charge is -2.00. The van der Waals surface area contributed by atoms with Gasteiger partial charge in [0.25, 0.3) is 0 Å². The Bertz CT molecular complexity index is 87.0. The van der Waals surface area contributed by atoms with Gasteiger partial charge in [0.15, 0.2) is 0 Å². The van der Waals surface area contributed by atoms with Gasteiger partial charge in [-0.15, -0.1) is 0 Å². The second-order valence-corrected chi connectivity index (χ2v) is 3.29. The van der Waals surface area contributed by atoms with Gasteiger partial charge in [0, 0.05) is 35.9 Å². The predicted octanol–water partition coefficient (Wildman–Crippen LogP) is -0.521. The van der Waals surface area contributed by atoms with Gasteiger partial charge >= 0.3 is 0 Å². The molecule has 0 fully saturated rings. The molecule has 0 saturated carbocycles. The zero-order valence-corrected chi connectivity index (χ0v) is 6.75. The summed E-state index contributed by atoms with van der Waals surface area (Å²) in [5.74, 6) is 0.715. The van der Waals surface area contributed by atoms with Crippen molar-refractivity contribution in [2.45, 2.75) is 6.92 Å². The normalized spacial score (nSPS) is 13.6. The van der Waals surface area contributed by atoms with Gasteiger partial charge in [-0.3, -0.25) is 15.1 Å². The molecular formula is C5H14N2OS.